The number of fused-ring (bicyclic) bond motifs is 1. The largest absolute Gasteiger partial charge is 0.480 e. The minimum Gasteiger partial charge on any atom is -0.480 e. The summed E-state index contributed by atoms with van der Waals surface area (Å²) in [6.07, 6.45) is -5.72. The molecule has 12 heteroatoms. The molecule has 2 aliphatic heterocycles. The number of methoxy groups -OCH3 is 1. The third kappa shape index (κ3) is 6.48. The van der Waals surface area contributed by atoms with E-state index in [1.807, 2.05) is 36.4 Å². The first kappa shape index (κ1) is 32.7. The molecule has 0 bridgehead atoms. The Kier molecular flexibility index (Phi) is 10.6. The van der Waals surface area contributed by atoms with E-state index in [4.69, 9.17) is 29.1 Å². The monoisotopic (exact) mass is 604 g/mol. The van der Waals surface area contributed by atoms with Gasteiger partial charge in [-0.1, -0.05) is 81.4 Å². The fourth-order valence-corrected chi connectivity index (χ4v) is 10.7. The molecule has 2 fully saturated rings. The maximum absolute atomic E-state index is 12.3. The maximum atomic E-state index is 12.3. The number of likely N-dealkylation sites (N-methyl/N-ethyl adjacent to an activating group) is 1. The van der Waals surface area contributed by atoms with E-state index in [0.29, 0.717) is 0 Å². The second kappa shape index (κ2) is 13.6. The van der Waals surface area contributed by atoms with Gasteiger partial charge in [0.1, 0.15) is 37.3 Å². The van der Waals surface area contributed by atoms with Crippen LogP contribution < -0.4 is 16.1 Å². The molecule has 0 amide bonds. The number of rotatable bonds is 13. The molecule has 2 aromatic carbocycles. The molecule has 0 aliphatic carbocycles. The Hall–Kier alpha value is -2.23. The normalized spacial score (nSPS) is 25.6. The Morgan fingerprint density at radius 2 is 1.60 bits per heavy atom. The number of nitrogens with zero attached hydrogens (tertiary/aromatic N) is 1. The molecule has 8 atom stereocenters. The first-order valence-corrected chi connectivity index (χ1v) is 16.0. The lowest BCUT2D eigenvalue weighted by atomic mass is 9.98. The second-order valence-electron chi connectivity index (χ2n) is 12.0. The van der Waals surface area contributed by atoms with E-state index in [1.165, 1.54) is 19.1 Å². The summed E-state index contributed by atoms with van der Waals surface area (Å²) in [6, 6.07) is 17.9. The van der Waals surface area contributed by atoms with Crippen molar-refractivity contribution in [3.8, 4) is 0 Å². The van der Waals surface area contributed by atoms with Gasteiger partial charge in [-0.3, -0.25) is 9.69 Å². The van der Waals surface area contributed by atoms with Gasteiger partial charge in [0, 0.05) is 13.7 Å². The van der Waals surface area contributed by atoms with E-state index in [9.17, 15) is 20.1 Å². The number of aliphatic hydroxyl groups is 2. The maximum Gasteiger partial charge on any atom is 0.323 e. The molecule has 0 aromatic heterocycles. The number of carboxylic acids is 1. The minimum atomic E-state index is -2.89. The molecular formula is C30H44N2O9Si. The number of hydrogen-bond acceptors (Lipinski definition) is 10. The Balaban J connectivity index is 1.49. The fourth-order valence-electron chi connectivity index (χ4n) is 6.09. The van der Waals surface area contributed by atoms with Crippen LogP contribution >= 0.6 is 0 Å². The number of carboxylic acid groups (broad SMARTS) is 1. The molecule has 2 aromatic rings. The van der Waals surface area contributed by atoms with Crippen LogP contribution in [0.4, 0.5) is 0 Å². The van der Waals surface area contributed by atoms with E-state index in [-0.39, 0.29) is 25.0 Å². The van der Waals surface area contributed by atoms with Crippen molar-refractivity contribution in [3.05, 3.63) is 60.7 Å². The Morgan fingerprint density at radius 3 is 2.10 bits per heavy atom. The highest BCUT2D eigenvalue weighted by molar-refractivity contribution is 6.99. The molecular weight excluding hydrogens is 560 g/mol. The van der Waals surface area contributed by atoms with Gasteiger partial charge < -0.3 is 44.4 Å². The van der Waals surface area contributed by atoms with Crippen LogP contribution in [0, 0.1) is 0 Å². The number of carbonyl (C=O) groups is 1. The lowest BCUT2D eigenvalue weighted by Gasteiger charge is -2.44. The van der Waals surface area contributed by atoms with Gasteiger partial charge in [0.05, 0.1) is 18.8 Å². The first-order valence-electron chi connectivity index (χ1n) is 14.1. The van der Waals surface area contributed by atoms with Gasteiger partial charge in [-0.2, -0.15) is 0 Å². The van der Waals surface area contributed by atoms with E-state index in [0.717, 1.165) is 10.4 Å². The summed E-state index contributed by atoms with van der Waals surface area (Å²) in [6.45, 7) is 6.35. The van der Waals surface area contributed by atoms with Gasteiger partial charge in [-0.05, 0) is 22.5 Å². The van der Waals surface area contributed by atoms with Crippen LogP contribution in [0.25, 0.3) is 0 Å². The lowest BCUT2D eigenvalue weighted by Crippen LogP contribution is -2.67. The molecule has 2 aliphatic rings. The highest BCUT2D eigenvalue weighted by Gasteiger charge is 2.55. The van der Waals surface area contributed by atoms with Crippen molar-refractivity contribution in [2.45, 2.75) is 74.7 Å². The molecule has 0 spiro atoms. The molecule has 0 unspecified atom stereocenters. The molecule has 11 nitrogen and oxygen atoms in total. The van der Waals surface area contributed by atoms with Crippen LogP contribution in [-0.2, 0) is 28.2 Å². The van der Waals surface area contributed by atoms with Crippen molar-refractivity contribution in [2.75, 3.05) is 34.1 Å². The number of aliphatic hydroxyl groups excluding tert-OH is 2. The molecule has 0 radical (unpaired) electrons. The Labute approximate surface area is 248 Å². The number of aliphatic carboxylic acids is 1. The summed E-state index contributed by atoms with van der Waals surface area (Å²) in [4.78, 5) is 13.7. The summed E-state index contributed by atoms with van der Waals surface area (Å²) in [5.74, 6) is -1.28. The van der Waals surface area contributed by atoms with Gasteiger partial charge >= 0.3 is 5.97 Å². The molecule has 0 saturated carbocycles. The van der Waals surface area contributed by atoms with Crippen molar-refractivity contribution in [3.63, 3.8) is 0 Å². The smallest absolute Gasteiger partial charge is 0.323 e. The van der Waals surface area contributed by atoms with Gasteiger partial charge in [0.15, 0.2) is 6.29 Å². The van der Waals surface area contributed by atoms with E-state index in [2.05, 4.69) is 45.0 Å². The number of ether oxygens (including phenoxy) is 4. The lowest BCUT2D eigenvalue weighted by molar-refractivity contribution is -0.197. The second-order valence-corrected chi connectivity index (χ2v) is 16.3. The molecule has 2 heterocycles. The minimum absolute atomic E-state index is 0.00570. The van der Waals surface area contributed by atoms with Crippen LogP contribution in [0.3, 0.4) is 0 Å². The van der Waals surface area contributed by atoms with Crippen LogP contribution in [-0.4, -0.2) is 118 Å². The number of benzene rings is 2. The Bertz CT molecular complexity index is 1110. The van der Waals surface area contributed by atoms with Crippen molar-refractivity contribution in [1.29, 1.82) is 0 Å². The van der Waals surface area contributed by atoms with E-state index in [1.54, 1.807) is 0 Å². The Morgan fingerprint density at radius 1 is 1.05 bits per heavy atom. The van der Waals surface area contributed by atoms with Crippen LogP contribution in [0.2, 0.25) is 5.04 Å². The molecule has 42 heavy (non-hydrogen) atoms. The highest BCUT2D eigenvalue weighted by atomic mass is 28.4. The average molecular weight is 605 g/mol. The fraction of sp³-hybridized carbons (Fsp3) is 0.567. The molecule has 232 valence electrons. The molecule has 2 saturated heterocycles. The first-order chi connectivity index (χ1) is 19.9. The van der Waals surface area contributed by atoms with Crippen molar-refractivity contribution in [2.24, 2.45) is 5.73 Å². The van der Waals surface area contributed by atoms with Crippen molar-refractivity contribution >= 4 is 24.7 Å². The summed E-state index contributed by atoms with van der Waals surface area (Å²) in [7, 11) is 0.0541. The van der Waals surface area contributed by atoms with Gasteiger partial charge in [0.2, 0.25) is 0 Å². The number of nitrogens with two attached hydrogens (primary N) is 1. The zero-order valence-electron chi connectivity index (χ0n) is 24.8. The van der Waals surface area contributed by atoms with E-state index >= 15 is 0 Å². The van der Waals surface area contributed by atoms with E-state index < -0.39 is 63.2 Å². The zero-order chi connectivity index (χ0) is 30.7. The van der Waals surface area contributed by atoms with Crippen molar-refractivity contribution < 1.29 is 43.5 Å². The third-order valence-electron chi connectivity index (χ3n) is 8.23. The molecule has 5 N–H and O–H groups in total. The SMILES string of the molecule is CO[C@@H]1O[C@H]([C@H](O)[C@H](C(=O)O)N(C)C[C@H](O)[C@H](N)CO[Si](c2ccccc2)(c2ccccc2)C(C)(C)C)[C@H]2OCO[C@@H]12. The van der Waals surface area contributed by atoms with Gasteiger partial charge in [0.25, 0.3) is 8.32 Å². The van der Waals surface area contributed by atoms with Crippen LogP contribution in [0.5, 0.6) is 0 Å². The van der Waals surface area contributed by atoms with Gasteiger partial charge in [-0.25, -0.2) is 0 Å². The summed E-state index contributed by atoms with van der Waals surface area (Å²) in [5, 5.41) is 34.2. The van der Waals surface area contributed by atoms with Crippen molar-refractivity contribution in [1.82, 2.24) is 4.90 Å². The predicted molar refractivity (Wildman–Crippen MR) is 158 cm³/mol. The highest BCUT2D eigenvalue weighted by Crippen LogP contribution is 2.37. The summed E-state index contributed by atoms with van der Waals surface area (Å²) in [5.41, 5.74) is 6.49. The number of hydrogen-bond donors (Lipinski definition) is 4. The van der Waals surface area contributed by atoms with Crippen LogP contribution in [0.15, 0.2) is 60.7 Å². The third-order valence-corrected chi connectivity index (χ3v) is 13.2. The zero-order valence-corrected chi connectivity index (χ0v) is 25.8. The summed E-state index contributed by atoms with van der Waals surface area (Å²) >= 11 is 0. The van der Waals surface area contributed by atoms with Gasteiger partial charge in [-0.15, -0.1) is 0 Å². The summed E-state index contributed by atoms with van der Waals surface area (Å²) < 4.78 is 28.9. The standard InChI is InChI=1S/C30H44N2O9Si/c1-30(2,3)42(19-12-8-6-9-13-19,20-14-10-7-11-15-20)40-17-21(31)22(33)16-32(4)23(28(35)36)24(34)25-26-27(39-18-38-26)29(37-5)41-25/h6-15,21-27,29,33-34H,16-18,31H2,1-5H3,(H,35,36)/t21-,22+,23-,24-,25-,26-,27-,29-/m1/s1. The topological polar surface area (TPSA) is 153 Å². The average Bonchev–Trinajstić information content (AvgIpc) is 3.56. The molecule has 4 rings (SSSR count). The predicted octanol–water partition coefficient (Wildman–Crippen LogP) is 0.110. The quantitative estimate of drug-likeness (QED) is 0.231. The van der Waals surface area contributed by atoms with Crippen LogP contribution in [0.1, 0.15) is 20.8 Å².